The van der Waals surface area contributed by atoms with Crippen LogP contribution >= 0.6 is 23.4 Å². The van der Waals surface area contributed by atoms with Gasteiger partial charge in [0.25, 0.3) is 5.91 Å². The summed E-state index contributed by atoms with van der Waals surface area (Å²) < 4.78 is 0. The van der Waals surface area contributed by atoms with Gasteiger partial charge in [0.05, 0.1) is 5.56 Å². The van der Waals surface area contributed by atoms with Gasteiger partial charge < -0.3 is 10.2 Å². The molecular formula is C14H19ClN2OS. The molecule has 0 aromatic heterocycles. The normalized spacial score (nSPS) is 18.4. The molecule has 0 radical (unpaired) electrons. The lowest BCUT2D eigenvalue weighted by Gasteiger charge is -2.17. The Morgan fingerprint density at radius 3 is 2.95 bits per heavy atom. The Balaban J connectivity index is 2.12. The number of carbonyl (C=O) groups excluding carboxylic acids is 1. The lowest BCUT2D eigenvalue weighted by molar-refractivity contribution is 0.0828. The van der Waals surface area contributed by atoms with Crippen LogP contribution in [0.2, 0.25) is 5.02 Å². The van der Waals surface area contributed by atoms with Crippen molar-refractivity contribution < 1.29 is 4.79 Å². The number of hydrogen-bond donors (Lipinski definition) is 1. The van der Waals surface area contributed by atoms with E-state index in [2.05, 4.69) is 5.32 Å². The Hall–Kier alpha value is -0.870. The molecule has 1 N–H and O–H groups in total. The maximum absolute atomic E-state index is 12.1. The second-order valence-corrected chi connectivity index (χ2v) is 6.59. The highest BCUT2D eigenvalue weighted by molar-refractivity contribution is 7.99. The van der Waals surface area contributed by atoms with Gasteiger partial charge in [0.1, 0.15) is 0 Å². The predicted molar refractivity (Wildman–Crippen MR) is 83.4 cm³/mol. The number of rotatable bonds is 4. The van der Waals surface area contributed by atoms with Crippen LogP contribution in [0.4, 0.5) is 5.69 Å². The van der Waals surface area contributed by atoms with Crippen LogP contribution in [0.15, 0.2) is 18.2 Å². The number of halogens is 1. The van der Waals surface area contributed by atoms with Crippen LogP contribution in [0.1, 0.15) is 16.8 Å². The van der Waals surface area contributed by atoms with Crippen LogP contribution in [0.5, 0.6) is 0 Å². The number of hydrogen-bond acceptors (Lipinski definition) is 3. The van der Waals surface area contributed by atoms with Gasteiger partial charge in [-0.2, -0.15) is 11.8 Å². The third-order valence-electron chi connectivity index (χ3n) is 3.22. The van der Waals surface area contributed by atoms with Gasteiger partial charge in [0.2, 0.25) is 0 Å². The molecule has 5 heteroatoms. The van der Waals surface area contributed by atoms with E-state index < -0.39 is 0 Å². The van der Waals surface area contributed by atoms with Crippen molar-refractivity contribution in [3.8, 4) is 0 Å². The number of carbonyl (C=O) groups is 1. The van der Waals surface area contributed by atoms with E-state index in [1.54, 1.807) is 31.1 Å². The van der Waals surface area contributed by atoms with Crippen LogP contribution < -0.4 is 5.32 Å². The zero-order valence-electron chi connectivity index (χ0n) is 11.3. The molecule has 1 aromatic rings. The zero-order chi connectivity index (χ0) is 13.8. The molecule has 3 nitrogen and oxygen atoms in total. The minimum absolute atomic E-state index is 0.0000337. The predicted octanol–water partition coefficient (Wildman–Crippen LogP) is 3.21. The summed E-state index contributed by atoms with van der Waals surface area (Å²) in [5, 5.41) is 4.04. The number of nitrogens with zero attached hydrogens (tertiary/aromatic N) is 1. The lowest BCUT2D eigenvalue weighted by Crippen LogP contribution is -2.24. The second kappa shape index (κ2) is 6.53. The molecular weight excluding hydrogens is 280 g/mol. The topological polar surface area (TPSA) is 32.3 Å². The van der Waals surface area contributed by atoms with Crippen LogP contribution in [-0.2, 0) is 0 Å². The van der Waals surface area contributed by atoms with Crippen molar-refractivity contribution in [1.29, 1.82) is 0 Å². The fourth-order valence-electron chi connectivity index (χ4n) is 2.09. The first-order valence-electron chi connectivity index (χ1n) is 6.40. The van der Waals surface area contributed by atoms with Crippen molar-refractivity contribution in [3.05, 3.63) is 28.8 Å². The van der Waals surface area contributed by atoms with E-state index in [-0.39, 0.29) is 5.91 Å². The molecule has 0 aliphatic carbocycles. The molecule has 1 amide bonds. The smallest absolute Gasteiger partial charge is 0.255 e. The standard InChI is InChI=1S/C14H19ClN2OS/c1-17(2)14(18)12-4-3-11(15)7-13(12)16-8-10-5-6-19-9-10/h3-4,7,10,16H,5-6,8-9H2,1-2H3. The number of thioether (sulfide) groups is 1. The summed E-state index contributed by atoms with van der Waals surface area (Å²) in [4.78, 5) is 13.7. The third kappa shape index (κ3) is 3.80. The molecule has 1 aliphatic rings. The van der Waals surface area contributed by atoms with Crippen molar-refractivity contribution in [3.63, 3.8) is 0 Å². The van der Waals surface area contributed by atoms with Crippen molar-refractivity contribution in [2.24, 2.45) is 5.92 Å². The first-order valence-corrected chi connectivity index (χ1v) is 7.94. The van der Waals surface area contributed by atoms with Gasteiger partial charge in [-0.15, -0.1) is 0 Å². The van der Waals surface area contributed by atoms with Gasteiger partial charge in [0.15, 0.2) is 0 Å². The van der Waals surface area contributed by atoms with E-state index >= 15 is 0 Å². The van der Waals surface area contributed by atoms with E-state index in [0.29, 0.717) is 16.5 Å². The molecule has 0 bridgehead atoms. The molecule has 0 saturated carbocycles. The first-order chi connectivity index (χ1) is 9.08. The zero-order valence-corrected chi connectivity index (χ0v) is 12.9. The minimum atomic E-state index is -0.0000337. The lowest BCUT2D eigenvalue weighted by atomic mass is 10.1. The highest BCUT2D eigenvalue weighted by Gasteiger charge is 2.18. The molecule has 1 unspecified atom stereocenters. The number of nitrogens with one attached hydrogen (secondary N) is 1. The molecule has 2 rings (SSSR count). The summed E-state index contributed by atoms with van der Waals surface area (Å²) in [6, 6.07) is 5.38. The summed E-state index contributed by atoms with van der Waals surface area (Å²) in [6.07, 6.45) is 1.25. The first kappa shape index (κ1) is 14.5. The highest BCUT2D eigenvalue weighted by atomic mass is 35.5. The van der Waals surface area contributed by atoms with Gasteiger partial charge in [-0.3, -0.25) is 4.79 Å². The Morgan fingerprint density at radius 2 is 2.32 bits per heavy atom. The van der Waals surface area contributed by atoms with Gasteiger partial charge >= 0.3 is 0 Å². The van der Waals surface area contributed by atoms with Gasteiger partial charge in [-0.05, 0) is 42.0 Å². The van der Waals surface area contributed by atoms with Gasteiger partial charge in [-0.1, -0.05) is 11.6 Å². The van der Waals surface area contributed by atoms with Crippen molar-refractivity contribution in [1.82, 2.24) is 4.90 Å². The van der Waals surface area contributed by atoms with E-state index in [1.165, 1.54) is 17.9 Å². The summed E-state index contributed by atoms with van der Waals surface area (Å²) >= 11 is 8.02. The van der Waals surface area contributed by atoms with Crippen molar-refractivity contribution in [2.45, 2.75) is 6.42 Å². The molecule has 1 saturated heterocycles. The molecule has 0 spiro atoms. The van der Waals surface area contributed by atoms with Crippen molar-refractivity contribution in [2.75, 3.05) is 37.5 Å². The Morgan fingerprint density at radius 1 is 1.53 bits per heavy atom. The molecule has 104 valence electrons. The van der Waals surface area contributed by atoms with E-state index in [4.69, 9.17) is 11.6 Å². The SMILES string of the molecule is CN(C)C(=O)c1ccc(Cl)cc1NCC1CCSC1. The van der Waals surface area contributed by atoms with Crippen LogP contribution in [0.25, 0.3) is 0 Å². The third-order valence-corrected chi connectivity index (χ3v) is 4.69. The highest BCUT2D eigenvalue weighted by Crippen LogP contribution is 2.26. The summed E-state index contributed by atoms with van der Waals surface area (Å²) in [6.45, 7) is 0.904. The summed E-state index contributed by atoms with van der Waals surface area (Å²) in [7, 11) is 3.52. The Kier molecular flexibility index (Phi) is 4.99. The molecule has 1 atom stereocenters. The average Bonchev–Trinajstić information content (AvgIpc) is 2.88. The largest absolute Gasteiger partial charge is 0.384 e. The number of anilines is 1. The van der Waals surface area contributed by atoms with Crippen LogP contribution in [0, 0.1) is 5.92 Å². The van der Waals surface area contributed by atoms with Gasteiger partial charge in [-0.25, -0.2) is 0 Å². The Labute approximate surface area is 123 Å². The van der Waals surface area contributed by atoms with Crippen LogP contribution in [-0.4, -0.2) is 43.0 Å². The summed E-state index contributed by atoms with van der Waals surface area (Å²) in [5.41, 5.74) is 1.52. The summed E-state index contributed by atoms with van der Waals surface area (Å²) in [5.74, 6) is 3.13. The second-order valence-electron chi connectivity index (χ2n) is 5.00. The maximum Gasteiger partial charge on any atom is 0.255 e. The molecule has 1 aromatic carbocycles. The number of benzene rings is 1. The maximum atomic E-state index is 12.1. The van der Waals surface area contributed by atoms with E-state index in [9.17, 15) is 4.79 Å². The minimum Gasteiger partial charge on any atom is -0.384 e. The van der Waals surface area contributed by atoms with E-state index in [0.717, 1.165) is 12.2 Å². The Bertz CT molecular complexity index is 459. The van der Waals surface area contributed by atoms with E-state index in [1.807, 2.05) is 17.8 Å². The van der Waals surface area contributed by atoms with Gasteiger partial charge in [0, 0.05) is 31.4 Å². The average molecular weight is 299 g/mol. The molecule has 19 heavy (non-hydrogen) atoms. The fourth-order valence-corrected chi connectivity index (χ4v) is 3.55. The number of amides is 1. The fraction of sp³-hybridized carbons (Fsp3) is 0.500. The quantitative estimate of drug-likeness (QED) is 0.926. The van der Waals surface area contributed by atoms with Crippen LogP contribution in [0.3, 0.4) is 0 Å². The molecule has 1 heterocycles. The monoisotopic (exact) mass is 298 g/mol. The molecule has 1 fully saturated rings. The van der Waals surface area contributed by atoms with Crippen molar-refractivity contribution >= 4 is 35.0 Å². The molecule has 1 aliphatic heterocycles.